The van der Waals surface area contributed by atoms with Crippen molar-refractivity contribution in [2.45, 2.75) is 13.3 Å². The third-order valence-electron chi connectivity index (χ3n) is 3.78. The van der Waals surface area contributed by atoms with Crippen molar-refractivity contribution in [3.8, 4) is 0 Å². The summed E-state index contributed by atoms with van der Waals surface area (Å²) in [5, 5.41) is 2.28. The van der Waals surface area contributed by atoms with Gasteiger partial charge in [0.15, 0.2) is 0 Å². The summed E-state index contributed by atoms with van der Waals surface area (Å²) < 4.78 is 0.300. The molecule has 0 aromatic heterocycles. The highest BCUT2D eigenvalue weighted by Gasteiger charge is 2.34. The van der Waals surface area contributed by atoms with Gasteiger partial charge in [-0.1, -0.05) is 37.3 Å². The molecular formula is C18H18NO+. The van der Waals surface area contributed by atoms with Gasteiger partial charge in [0.2, 0.25) is 0 Å². The molecule has 1 aliphatic heterocycles. The van der Waals surface area contributed by atoms with Crippen LogP contribution in [0.15, 0.2) is 67.0 Å². The maximum atomic E-state index is 12.9. The number of rotatable bonds is 3. The van der Waals surface area contributed by atoms with Crippen molar-refractivity contribution >= 4 is 16.7 Å². The van der Waals surface area contributed by atoms with E-state index in [1.165, 1.54) is 5.39 Å². The van der Waals surface area contributed by atoms with Crippen LogP contribution in [0.2, 0.25) is 0 Å². The number of hydrogen-bond donors (Lipinski definition) is 0. The smallest absolute Gasteiger partial charge is 0.225 e. The van der Waals surface area contributed by atoms with Gasteiger partial charge in [0.05, 0.1) is 12.1 Å². The van der Waals surface area contributed by atoms with E-state index in [0.717, 1.165) is 23.9 Å². The number of amides is 1. The molecule has 0 bridgehead atoms. The summed E-state index contributed by atoms with van der Waals surface area (Å²) in [6, 6.07) is 14.1. The summed E-state index contributed by atoms with van der Waals surface area (Å²) in [4.78, 5) is 12.9. The molecule has 0 fully saturated rings. The Morgan fingerprint density at radius 3 is 2.40 bits per heavy atom. The Morgan fingerprint density at radius 2 is 1.70 bits per heavy atom. The first-order chi connectivity index (χ1) is 9.75. The fourth-order valence-corrected chi connectivity index (χ4v) is 2.77. The third-order valence-corrected chi connectivity index (χ3v) is 3.78. The lowest BCUT2D eigenvalue weighted by Gasteiger charge is -2.25. The van der Waals surface area contributed by atoms with Crippen LogP contribution < -0.4 is 0 Å². The summed E-state index contributed by atoms with van der Waals surface area (Å²) in [5.41, 5.74) is 0.772. The first-order valence-electron chi connectivity index (χ1n) is 7.03. The van der Waals surface area contributed by atoms with Gasteiger partial charge in [0.25, 0.3) is 0 Å². The molecule has 3 rings (SSSR count). The Kier molecular flexibility index (Phi) is 3.25. The van der Waals surface area contributed by atoms with E-state index in [2.05, 4.69) is 13.0 Å². The average Bonchev–Trinajstić information content (AvgIpc) is 2.96. The van der Waals surface area contributed by atoms with E-state index in [9.17, 15) is 4.79 Å². The molecule has 1 aliphatic rings. The number of hydrogen-bond acceptors (Lipinski definition) is 1. The Balaban J connectivity index is 2.03. The predicted octanol–water partition coefficient (Wildman–Crippen LogP) is 4.25. The van der Waals surface area contributed by atoms with Crippen LogP contribution in [-0.2, 0) is 0 Å². The van der Waals surface area contributed by atoms with E-state index >= 15 is 0 Å². The molecule has 0 unspecified atom stereocenters. The molecule has 2 aromatic rings. The van der Waals surface area contributed by atoms with Gasteiger partial charge in [0.1, 0.15) is 12.4 Å². The maximum Gasteiger partial charge on any atom is 0.355 e. The van der Waals surface area contributed by atoms with Crippen molar-refractivity contribution < 1.29 is 9.28 Å². The molecule has 100 valence electrons. The SMILES string of the molecule is CCC[N+]1(C(=O)c2ccc3ccccc3c2)C=CC=C1. The molecular weight excluding hydrogens is 246 g/mol. The summed E-state index contributed by atoms with van der Waals surface area (Å²) in [6.07, 6.45) is 8.82. The zero-order chi connectivity index (χ0) is 14.0. The highest BCUT2D eigenvalue weighted by molar-refractivity contribution is 5.95. The number of allylic oxidation sites excluding steroid dienone is 2. The van der Waals surface area contributed by atoms with Crippen molar-refractivity contribution in [2.75, 3.05) is 6.54 Å². The van der Waals surface area contributed by atoms with E-state index in [4.69, 9.17) is 0 Å². The second-order valence-corrected chi connectivity index (χ2v) is 5.20. The summed E-state index contributed by atoms with van der Waals surface area (Å²) in [6.45, 7) is 2.91. The maximum absolute atomic E-state index is 12.9. The Labute approximate surface area is 119 Å². The van der Waals surface area contributed by atoms with Crippen molar-refractivity contribution in [3.05, 3.63) is 72.6 Å². The second kappa shape index (κ2) is 5.06. The largest absolute Gasteiger partial charge is 0.355 e. The van der Waals surface area contributed by atoms with Gasteiger partial charge in [0, 0.05) is 0 Å². The minimum Gasteiger partial charge on any atom is -0.225 e. The first-order valence-corrected chi connectivity index (χ1v) is 7.03. The standard InChI is InChI=1S/C18H18NO/c1-2-11-19(12-5-6-13-19)18(20)17-10-9-15-7-3-4-8-16(15)14-17/h3-10,12-14H,2,11H2,1H3/q+1. The summed E-state index contributed by atoms with van der Waals surface area (Å²) >= 11 is 0. The highest BCUT2D eigenvalue weighted by atomic mass is 16.2. The number of carbonyl (C=O) groups is 1. The zero-order valence-electron chi connectivity index (χ0n) is 11.6. The van der Waals surface area contributed by atoms with E-state index in [-0.39, 0.29) is 5.91 Å². The molecule has 0 spiro atoms. The van der Waals surface area contributed by atoms with Crippen LogP contribution >= 0.6 is 0 Å². The van der Waals surface area contributed by atoms with Crippen molar-refractivity contribution in [1.29, 1.82) is 0 Å². The molecule has 2 aromatic carbocycles. The van der Waals surface area contributed by atoms with E-state index in [0.29, 0.717) is 4.48 Å². The molecule has 1 amide bonds. The molecule has 0 N–H and O–H groups in total. The number of fused-ring (bicyclic) bond motifs is 1. The predicted molar refractivity (Wildman–Crippen MR) is 82.0 cm³/mol. The lowest BCUT2D eigenvalue weighted by Crippen LogP contribution is -2.42. The van der Waals surface area contributed by atoms with Crippen LogP contribution in [0.4, 0.5) is 0 Å². The molecule has 1 heterocycles. The van der Waals surface area contributed by atoms with Crippen LogP contribution in [0.3, 0.4) is 0 Å². The summed E-state index contributed by atoms with van der Waals surface area (Å²) in [5.74, 6) is 0.141. The van der Waals surface area contributed by atoms with Crippen LogP contribution in [0.25, 0.3) is 10.8 Å². The number of quaternary nitrogens is 1. The van der Waals surface area contributed by atoms with Crippen molar-refractivity contribution in [3.63, 3.8) is 0 Å². The van der Waals surface area contributed by atoms with Gasteiger partial charge in [-0.3, -0.25) is 0 Å². The van der Waals surface area contributed by atoms with Crippen LogP contribution in [0.5, 0.6) is 0 Å². The van der Waals surface area contributed by atoms with E-state index < -0.39 is 0 Å². The topological polar surface area (TPSA) is 17.1 Å². The quantitative estimate of drug-likeness (QED) is 0.757. The average molecular weight is 264 g/mol. The minimum atomic E-state index is 0.141. The van der Waals surface area contributed by atoms with Crippen molar-refractivity contribution in [1.82, 2.24) is 0 Å². The molecule has 0 saturated heterocycles. The lowest BCUT2D eigenvalue weighted by molar-refractivity contribution is -0.738. The first kappa shape index (κ1) is 12.8. The van der Waals surface area contributed by atoms with Gasteiger partial charge in [-0.15, -0.1) is 0 Å². The molecule has 2 nitrogen and oxygen atoms in total. The fraction of sp³-hybridized carbons (Fsp3) is 0.167. The fourth-order valence-electron chi connectivity index (χ4n) is 2.77. The minimum absolute atomic E-state index is 0.141. The Bertz CT molecular complexity index is 700. The van der Waals surface area contributed by atoms with E-state index in [1.807, 2.05) is 61.0 Å². The molecule has 2 heteroatoms. The number of nitrogens with zero attached hydrogens (tertiary/aromatic N) is 1. The van der Waals surface area contributed by atoms with Crippen molar-refractivity contribution in [2.24, 2.45) is 0 Å². The van der Waals surface area contributed by atoms with Gasteiger partial charge in [-0.05, 0) is 41.5 Å². The normalized spacial score (nSPS) is 15.8. The third kappa shape index (κ3) is 2.08. The Morgan fingerprint density at radius 1 is 1.00 bits per heavy atom. The Hall–Kier alpha value is -2.19. The summed E-state index contributed by atoms with van der Waals surface area (Å²) in [7, 11) is 0. The van der Waals surface area contributed by atoms with Gasteiger partial charge in [-0.2, -0.15) is 0 Å². The zero-order valence-corrected chi connectivity index (χ0v) is 11.6. The second-order valence-electron chi connectivity index (χ2n) is 5.20. The van der Waals surface area contributed by atoms with Gasteiger partial charge in [-0.25, -0.2) is 9.28 Å². The van der Waals surface area contributed by atoms with E-state index in [1.54, 1.807) is 0 Å². The molecule has 0 aliphatic carbocycles. The molecule has 0 atom stereocenters. The lowest BCUT2D eigenvalue weighted by atomic mass is 10.1. The number of benzene rings is 2. The van der Waals surface area contributed by atoms with Crippen LogP contribution in [-0.4, -0.2) is 16.9 Å². The molecule has 0 radical (unpaired) electrons. The van der Waals surface area contributed by atoms with Crippen LogP contribution in [0, 0.1) is 0 Å². The number of carbonyl (C=O) groups excluding carboxylic acids is 1. The molecule has 0 saturated carbocycles. The van der Waals surface area contributed by atoms with Gasteiger partial charge >= 0.3 is 5.91 Å². The highest BCUT2D eigenvalue weighted by Crippen LogP contribution is 2.24. The molecule has 20 heavy (non-hydrogen) atoms. The van der Waals surface area contributed by atoms with Crippen LogP contribution in [0.1, 0.15) is 23.7 Å². The monoisotopic (exact) mass is 264 g/mol. The van der Waals surface area contributed by atoms with Gasteiger partial charge < -0.3 is 0 Å².